The van der Waals surface area contributed by atoms with Gasteiger partial charge in [0.05, 0.1) is 13.2 Å². The second-order valence-corrected chi connectivity index (χ2v) is 5.36. The molecule has 4 nitrogen and oxygen atoms in total. The minimum Gasteiger partial charge on any atom is -0.391 e. The molecule has 0 radical (unpaired) electrons. The molecule has 1 heterocycles. The molecule has 1 fully saturated rings. The summed E-state index contributed by atoms with van der Waals surface area (Å²) in [6.07, 6.45) is -0.360. The van der Waals surface area contributed by atoms with E-state index in [4.69, 9.17) is 34.3 Å². The zero-order chi connectivity index (χ0) is 14.0. The first kappa shape index (κ1) is 14.2. The zero-order valence-electron chi connectivity index (χ0n) is 10.6. The molecule has 0 spiro atoms. The van der Waals surface area contributed by atoms with Gasteiger partial charge in [-0.15, -0.1) is 0 Å². The first-order chi connectivity index (χ1) is 8.99. The highest BCUT2D eigenvalue weighted by Gasteiger charge is 2.26. The second kappa shape index (κ2) is 5.86. The van der Waals surface area contributed by atoms with Crippen LogP contribution in [0.5, 0.6) is 0 Å². The van der Waals surface area contributed by atoms with Gasteiger partial charge < -0.3 is 15.4 Å². The number of morpholine rings is 1. The monoisotopic (exact) mass is 298 g/mol. The first-order valence-corrected chi connectivity index (χ1v) is 6.74. The molecule has 2 N–H and O–H groups in total. The lowest BCUT2D eigenvalue weighted by Crippen LogP contribution is -2.49. The van der Waals surface area contributed by atoms with E-state index in [0.29, 0.717) is 30.3 Å². The Morgan fingerprint density at radius 1 is 1.58 bits per heavy atom. The predicted octanol–water partition coefficient (Wildman–Crippen LogP) is 1.78. The van der Waals surface area contributed by atoms with E-state index in [9.17, 15) is 4.79 Å². The summed E-state index contributed by atoms with van der Waals surface area (Å²) in [6.45, 7) is 3.26. The third-order valence-electron chi connectivity index (χ3n) is 3.08. The van der Waals surface area contributed by atoms with Gasteiger partial charge in [0.1, 0.15) is 11.1 Å². The number of carbonyl (C=O) groups excluding carboxylic acids is 1. The average Bonchev–Trinajstić information content (AvgIpc) is 2.41. The number of thiocarbonyl (C=S) groups is 1. The SMILES string of the molecule is Cc1cc(C(=O)N2CCOC(C(N)=S)C2)ccc1Cl. The van der Waals surface area contributed by atoms with Crippen molar-refractivity contribution in [3.8, 4) is 0 Å². The summed E-state index contributed by atoms with van der Waals surface area (Å²) in [5.74, 6) is -0.0516. The van der Waals surface area contributed by atoms with E-state index in [0.717, 1.165) is 5.56 Å². The maximum atomic E-state index is 12.4. The van der Waals surface area contributed by atoms with Crippen LogP contribution in [0.3, 0.4) is 0 Å². The number of carbonyl (C=O) groups is 1. The number of rotatable bonds is 2. The Morgan fingerprint density at radius 3 is 2.95 bits per heavy atom. The molecule has 0 aromatic heterocycles. The van der Waals surface area contributed by atoms with E-state index in [-0.39, 0.29) is 17.0 Å². The summed E-state index contributed by atoms with van der Waals surface area (Å²) in [4.78, 5) is 14.4. The Balaban J connectivity index is 2.14. The fourth-order valence-electron chi connectivity index (χ4n) is 1.97. The number of benzene rings is 1. The van der Waals surface area contributed by atoms with Crippen LogP contribution in [-0.4, -0.2) is 41.6 Å². The van der Waals surface area contributed by atoms with Crippen molar-refractivity contribution in [1.82, 2.24) is 4.90 Å². The van der Waals surface area contributed by atoms with Crippen molar-refractivity contribution in [2.45, 2.75) is 13.0 Å². The summed E-state index contributed by atoms with van der Waals surface area (Å²) < 4.78 is 5.42. The number of hydrogen-bond acceptors (Lipinski definition) is 3. The summed E-state index contributed by atoms with van der Waals surface area (Å²) in [5.41, 5.74) is 7.06. The minimum atomic E-state index is -0.360. The van der Waals surface area contributed by atoms with Crippen LogP contribution in [0.1, 0.15) is 15.9 Å². The van der Waals surface area contributed by atoms with Gasteiger partial charge in [-0.2, -0.15) is 0 Å². The molecule has 0 aliphatic carbocycles. The molecule has 19 heavy (non-hydrogen) atoms. The van der Waals surface area contributed by atoms with Crippen LogP contribution >= 0.6 is 23.8 Å². The van der Waals surface area contributed by atoms with Gasteiger partial charge in [-0.05, 0) is 30.7 Å². The molecule has 0 saturated carbocycles. The number of nitrogens with zero attached hydrogens (tertiary/aromatic N) is 1. The molecule has 2 rings (SSSR count). The largest absolute Gasteiger partial charge is 0.391 e. The van der Waals surface area contributed by atoms with Crippen LogP contribution in [0, 0.1) is 6.92 Å². The van der Waals surface area contributed by atoms with E-state index >= 15 is 0 Å². The Bertz CT molecular complexity index is 521. The zero-order valence-corrected chi connectivity index (χ0v) is 12.1. The van der Waals surface area contributed by atoms with Crippen LogP contribution in [0.2, 0.25) is 5.02 Å². The fourth-order valence-corrected chi connectivity index (χ4v) is 2.23. The lowest BCUT2D eigenvalue weighted by atomic mass is 10.1. The van der Waals surface area contributed by atoms with E-state index in [1.807, 2.05) is 6.92 Å². The summed E-state index contributed by atoms with van der Waals surface area (Å²) >= 11 is 10.9. The van der Waals surface area contributed by atoms with Crippen molar-refractivity contribution in [3.05, 3.63) is 34.3 Å². The van der Waals surface area contributed by atoms with Crippen LogP contribution in [0.15, 0.2) is 18.2 Å². The number of amides is 1. The average molecular weight is 299 g/mol. The maximum Gasteiger partial charge on any atom is 0.254 e. The highest BCUT2D eigenvalue weighted by Crippen LogP contribution is 2.18. The normalized spacial score (nSPS) is 19.3. The molecule has 0 bridgehead atoms. The van der Waals surface area contributed by atoms with Gasteiger partial charge in [0.15, 0.2) is 0 Å². The molecule has 6 heteroatoms. The summed E-state index contributed by atoms with van der Waals surface area (Å²) in [6, 6.07) is 5.24. The molecular weight excluding hydrogens is 284 g/mol. The number of ether oxygens (including phenoxy) is 1. The summed E-state index contributed by atoms with van der Waals surface area (Å²) in [7, 11) is 0. The molecule has 1 aromatic carbocycles. The topological polar surface area (TPSA) is 55.6 Å². The molecule has 1 atom stereocenters. The van der Waals surface area contributed by atoms with Crippen LogP contribution in [-0.2, 0) is 4.74 Å². The van der Waals surface area contributed by atoms with E-state index in [2.05, 4.69) is 0 Å². The second-order valence-electron chi connectivity index (χ2n) is 4.48. The van der Waals surface area contributed by atoms with E-state index < -0.39 is 0 Å². The van der Waals surface area contributed by atoms with E-state index in [1.165, 1.54) is 0 Å². The van der Waals surface area contributed by atoms with Gasteiger partial charge in [0.2, 0.25) is 0 Å². The lowest BCUT2D eigenvalue weighted by molar-refractivity contribution is 0.00878. The van der Waals surface area contributed by atoms with E-state index in [1.54, 1.807) is 23.1 Å². The van der Waals surface area contributed by atoms with Crippen molar-refractivity contribution < 1.29 is 9.53 Å². The van der Waals surface area contributed by atoms with Gasteiger partial charge >= 0.3 is 0 Å². The highest BCUT2D eigenvalue weighted by atomic mass is 35.5. The molecule has 1 saturated heterocycles. The van der Waals surface area contributed by atoms with Crippen molar-refractivity contribution in [2.75, 3.05) is 19.7 Å². The highest BCUT2D eigenvalue weighted by molar-refractivity contribution is 7.80. The van der Waals surface area contributed by atoms with Crippen molar-refractivity contribution in [3.63, 3.8) is 0 Å². The van der Waals surface area contributed by atoms with Crippen molar-refractivity contribution >= 4 is 34.7 Å². The summed E-state index contributed by atoms with van der Waals surface area (Å²) in [5, 5.41) is 0.652. The standard InChI is InChI=1S/C13H15ClN2O2S/c1-8-6-9(2-3-10(8)14)13(17)16-4-5-18-11(7-16)12(15)19/h2-3,6,11H,4-5,7H2,1H3,(H2,15,19). The van der Waals surface area contributed by atoms with Gasteiger partial charge in [-0.25, -0.2) is 0 Å². The molecule has 1 aliphatic rings. The molecule has 1 amide bonds. The predicted molar refractivity (Wildman–Crippen MR) is 78.6 cm³/mol. The smallest absolute Gasteiger partial charge is 0.254 e. The maximum absolute atomic E-state index is 12.4. The number of halogens is 1. The van der Waals surface area contributed by atoms with Gasteiger partial charge in [0, 0.05) is 17.1 Å². The third-order valence-corrected chi connectivity index (χ3v) is 3.76. The molecular formula is C13H15ClN2O2S. The first-order valence-electron chi connectivity index (χ1n) is 5.95. The minimum absolute atomic E-state index is 0.0516. The fraction of sp³-hybridized carbons (Fsp3) is 0.385. The van der Waals surface area contributed by atoms with Crippen LogP contribution in [0.25, 0.3) is 0 Å². The quantitative estimate of drug-likeness (QED) is 0.846. The van der Waals surface area contributed by atoms with Crippen LogP contribution in [0.4, 0.5) is 0 Å². The van der Waals surface area contributed by atoms with Crippen molar-refractivity contribution in [2.24, 2.45) is 5.73 Å². The Morgan fingerprint density at radius 2 is 2.32 bits per heavy atom. The van der Waals surface area contributed by atoms with Gasteiger partial charge in [-0.3, -0.25) is 4.79 Å². The number of aryl methyl sites for hydroxylation is 1. The molecule has 1 aromatic rings. The molecule has 102 valence electrons. The lowest BCUT2D eigenvalue weighted by Gasteiger charge is -2.32. The Kier molecular flexibility index (Phi) is 4.39. The Labute approximate surface area is 122 Å². The van der Waals surface area contributed by atoms with Gasteiger partial charge in [-0.1, -0.05) is 23.8 Å². The van der Waals surface area contributed by atoms with Crippen molar-refractivity contribution in [1.29, 1.82) is 0 Å². The number of hydrogen-bond donors (Lipinski definition) is 1. The molecule has 1 unspecified atom stereocenters. The molecule has 1 aliphatic heterocycles. The van der Waals surface area contributed by atoms with Crippen LogP contribution < -0.4 is 5.73 Å². The third kappa shape index (κ3) is 3.23. The van der Waals surface area contributed by atoms with Gasteiger partial charge in [0.25, 0.3) is 5.91 Å². The number of nitrogens with two attached hydrogens (primary N) is 1. The Hall–Kier alpha value is -1.17.